The molecule has 152 valence electrons. The topological polar surface area (TPSA) is 85.5 Å². The first-order valence-corrected chi connectivity index (χ1v) is 12.0. The van der Waals surface area contributed by atoms with Crippen molar-refractivity contribution in [1.82, 2.24) is 9.29 Å². The zero-order chi connectivity index (χ0) is 19.3. The fourth-order valence-electron chi connectivity index (χ4n) is 3.90. The molecule has 1 unspecified atom stereocenters. The number of hydrogen-bond donors (Lipinski definition) is 1. The minimum atomic E-state index is -1.39. The Morgan fingerprint density at radius 2 is 2.07 bits per heavy atom. The van der Waals surface area contributed by atoms with Crippen molar-refractivity contribution in [3.63, 3.8) is 0 Å². The Bertz CT molecular complexity index is 650. The van der Waals surface area contributed by atoms with Crippen LogP contribution < -0.4 is 5.73 Å². The fourth-order valence-corrected chi connectivity index (χ4v) is 6.75. The molecule has 0 bridgehead atoms. The minimum absolute atomic E-state index is 0.433. The van der Waals surface area contributed by atoms with E-state index in [0.717, 1.165) is 32.4 Å². The lowest BCUT2D eigenvalue weighted by Gasteiger charge is -2.39. The van der Waals surface area contributed by atoms with Crippen LogP contribution in [0.4, 0.5) is 0 Å². The summed E-state index contributed by atoms with van der Waals surface area (Å²) < 4.78 is 19.5. The van der Waals surface area contributed by atoms with Crippen LogP contribution >= 0.6 is 11.3 Å². The predicted octanol–water partition coefficient (Wildman–Crippen LogP) is 2.75. The zero-order valence-corrected chi connectivity index (χ0v) is 17.8. The van der Waals surface area contributed by atoms with Crippen molar-refractivity contribution in [3.8, 4) is 0 Å². The monoisotopic (exact) mass is 413 g/mol. The number of rotatable bonds is 8. The summed E-state index contributed by atoms with van der Waals surface area (Å²) in [6, 6.07) is 0. The molecule has 0 radical (unpaired) electrons. The Balaban J connectivity index is 1.56. The van der Waals surface area contributed by atoms with Crippen LogP contribution in [0.5, 0.6) is 0 Å². The second kappa shape index (κ2) is 9.58. The number of ether oxygens (including phenoxy) is 1. The van der Waals surface area contributed by atoms with E-state index in [2.05, 4.69) is 11.9 Å². The van der Waals surface area contributed by atoms with Gasteiger partial charge in [-0.25, -0.2) is 13.5 Å². The third-order valence-electron chi connectivity index (χ3n) is 5.72. The van der Waals surface area contributed by atoms with Crippen LogP contribution in [0.2, 0.25) is 0 Å². The molecule has 2 saturated heterocycles. The summed E-state index contributed by atoms with van der Waals surface area (Å²) in [4.78, 5) is 18.1. The maximum Gasteiger partial charge on any atom is 0.237 e. The number of amides is 1. The molecule has 1 amide bonds. The third kappa shape index (κ3) is 4.78. The zero-order valence-electron chi connectivity index (χ0n) is 16.2. The van der Waals surface area contributed by atoms with E-state index in [4.69, 9.17) is 10.5 Å². The molecule has 0 saturated carbocycles. The Morgan fingerprint density at radius 1 is 1.37 bits per heavy atom. The van der Waals surface area contributed by atoms with Gasteiger partial charge in [0.1, 0.15) is 15.7 Å². The van der Waals surface area contributed by atoms with E-state index in [-0.39, 0.29) is 0 Å². The van der Waals surface area contributed by atoms with Gasteiger partial charge in [0.05, 0.1) is 5.01 Å². The Labute approximate surface area is 168 Å². The molecule has 3 rings (SSSR count). The lowest BCUT2D eigenvalue weighted by Crippen LogP contribution is -2.56. The van der Waals surface area contributed by atoms with Crippen molar-refractivity contribution >= 4 is 28.2 Å². The maximum absolute atomic E-state index is 13.2. The molecule has 2 aliphatic heterocycles. The van der Waals surface area contributed by atoms with Crippen LogP contribution in [0.25, 0.3) is 0 Å². The third-order valence-corrected chi connectivity index (χ3v) is 9.05. The van der Waals surface area contributed by atoms with Gasteiger partial charge in [0, 0.05) is 43.3 Å². The summed E-state index contributed by atoms with van der Waals surface area (Å²) in [5.74, 6) is -0.0229. The van der Waals surface area contributed by atoms with Crippen molar-refractivity contribution in [2.75, 3.05) is 26.3 Å². The smallest absolute Gasteiger partial charge is 0.237 e. The van der Waals surface area contributed by atoms with Gasteiger partial charge in [-0.2, -0.15) is 0 Å². The van der Waals surface area contributed by atoms with E-state index in [0.29, 0.717) is 32.0 Å². The lowest BCUT2D eigenvalue weighted by molar-refractivity contribution is -0.122. The van der Waals surface area contributed by atoms with Gasteiger partial charge in [-0.15, -0.1) is 11.3 Å². The number of piperidine rings is 1. The van der Waals surface area contributed by atoms with Crippen LogP contribution in [0.15, 0.2) is 6.20 Å². The van der Waals surface area contributed by atoms with Crippen LogP contribution in [-0.4, -0.2) is 50.5 Å². The van der Waals surface area contributed by atoms with Gasteiger partial charge >= 0.3 is 0 Å². The van der Waals surface area contributed by atoms with E-state index < -0.39 is 21.6 Å². The highest BCUT2D eigenvalue weighted by atomic mass is 32.2. The second-order valence-corrected chi connectivity index (χ2v) is 10.5. The SMILES string of the molecule is CCCCCc1cnc(C2CCN(S(=O)C3(C(N)=O)CCOCC3)CC2)s1. The molecule has 2 N–H and O–H groups in total. The van der Waals surface area contributed by atoms with E-state index in [1.54, 1.807) is 0 Å². The van der Waals surface area contributed by atoms with Crippen molar-refractivity contribution in [1.29, 1.82) is 0 Å². The summed E-state index contributed by atoms with van der Waals surface area (Å²) in [5, 5.41) is 1.21. The first-order valence-electron chi connectivity index (χ1n) is 10.1. The molecule has 27 heavy (non-hydrogen) atoms. The first kappa shape index (κ1) is 20.9. The van der Waals surface area contributed by atoms with Gasteiger partial charge in [0.15, 0.2) is 0 Å². The number of aromatic nitrogens is 1. The molecular formula is C19H31N3O3S2. The van der Waals surface area contributed by atoms with E-state index in [1.165, 1.54) is 29.1 Å². The fraction of sp³-hybridized carbons (Fsp3) is 0.789. The van der Waals surface area contributed by atoms with Crippen molar-refractivity contribution < 1.29 is 13.7 Å². The lowest BCUT2D eigenvalue weighted by atomic mass is 9.98. The molecule has 8 heteroatoms. The average molecular weight is 414 g/mol. The van der Waals surface area contributed by atoms with Crippen LogP contribution in [-0.2, 0) is 26.9 Å². The molecule has 0 aliphatic carbocycles. The first-order chi connectivity index (χ1) is 13.1. The number of carbonyl (C=O) groups is 1. The second-order valence-electron chi connectivity index (χ2n) is 7.55. The average Bonchev–Trinajstić information content (AvgIpc) is 3.17. The number of thiazole rings is 1. The highest BCUT2D eigenvalue weighted by Gasteiger charge is 2.47. The molecule has 2 fully saturated rings. The van der Waals surface area contributed by atoms with Crippen molar-refractivity contribution in [3.05, 3.63) is 16.1 Å². The molecule has 1 aromatic heterocycles. The van der Waals surface area contributed by atoms with Gasteiger partial charge in [-0.05, 0) is 38.5 Å². The van der Waals surface area contributed by atoms with Crippen molar-refractivity contribution in [2.24, 2.45) is 5.73 Å². The molecule has 3 heterocycles. The van der Waals surface area contributed by atoms with Crippen LogP contribution in [0.3, 0.4) is 0 Å². The van der Waals surface area contributed by atoms with E-state index in [9.17, 15) is 9.00 Å². The standard InChI is InChI=1S/C19H31N3O3S2/c1-2-3-4-5-16-14-21-17(26-16)15-6-10-22(11-7-15)27(24)19(18(20)23)8-12-25-13-9-19/h14-15H,2-13H2,1H3,(H2,20,23). The van der Waals surface area contributed by atoms with E-state index >= 15 is 0 Å². The predicted molar refractivity (Wildman–Crippen MR) is 109 cm³/mol. The largest absolute Gasteiger partial charge is 0.381 e. The molecule has 0 aromatic carbocycles. The molecule has 0 spiro atoms. The molecule has 6 nitrogen and oxygen atoms in total. The Morgan fingerprint density at radius 3 is 2.70 bits per heavy atom. The molecule has 1 atom stereocenters. The van der Waals surface area contributed by atoms with Gasteiger partial charge in [0.25, 0.3) is 0 Å². The summed E-state index contributed by atoms with van der Waals surface area (Å²) in [6.45, 7) is 4.56. The number of carbonyl (C=O) groups excluding carboxylic acids is 1. The summed E-state index contributed by atoms with van der Waals surface area (Å²) >= 11 is 1.84. The molecular weight excluding hydrogens is 382 g/mol. The Hall–Kier alpha value is -0.830. The highest BCUT2D eigenvalue weighted by molar-refractivity contribution is 7.85. The van der Waals surface area contributed by atoms with Crippen molar-refractivity contribution in [2.45, 2.75) is 69.0 Å². The summed E-state index contributed by atoms with van der Waals surface area (Å²) in [6.07, 6.45) is 9.64. The Kier molecular flexibility index (Phi) is 7.42. The van der Waals surface area contributed by atoms with Gasteiger partial charge < -0.3 is 10.5 Å². The van der Waals surface area contributed by atoms with Crippen LogP contribution in [0.1, 0.15) is 67.7 Å². The number of nitrogens with two attached hydrogens (primary N) is 1. The van der Waals surface area contributed by atoms with Gasteiger partial charge in [0.2, 0.25) is 5.91 Å². The summed E-state index contributed by atoms with van der Waals surface area (Å²) in [7, 11) is -1.39. The number of hydrogen-bond acceptors (Lipinski definition) is 5. The maximum atomic E-state index is 13.2. The van der Waals surface area contributed by atoms with E-state index in [1.807, 2.05) is 21.8 Å². The molecule has 1 aromatic rings. The quantitative estimate of drug-likeness (QED) is 0.664. The van der Waals surface area contributed by atoms with Gasteiger partial charge in [-0.3, -0.25) is 4.79 Å². The number of primary amides is 1. The number of nitrogens with zero attached hydrogens (tertiary/aromatic N) is 2. The highest BCUT2D eigenvalue weighted by Crippen LogP contribution is 2.35. The number of aryl methyl sites for hydroxylation is 1. The number of unbranched alkanes of at least 4 members (excludes halogenated alkanes) is 2. The van der Waals surface area contributed by atoms with Gasteiger partial charge in [-0.1, -0.05) is 19.8 Å². The normalized spacial score (nSPS) is 22.6. The molecule has 2 aliphatic rings. The minimum Gasteiger partial charge on any atom is -0.381 e. The summed E-state index contributed by atoms with van der Waals surface area (Å²) in [5.41, 5.74) is 5.66. The van der Waals surface area contributed by atoms with Crippen LogP contribution in [0, 0.1) is 0 Å².